The van der Waals surface area contributed by atoms with Gasteiger partial charge < -0.3 is 14.8 Å². The average Bonchev–Trinajstić information content (AvgIpc) is 3.02. The van der Waals surface area contributed by atoms with Crippen molar-refractivity contribution in [2.24, 2.45) is 11.8 Å². The second-order valence-electron chi connectivity index (χ2n) is 4.88. The molecule has 2 aliphatic rings. The van der Waals surface area contributed by atoms with E-state index in [9.17, 15) is 4.79 Å². The minimum atomic E-state index is 0.0291. The fourth-order valence-corrected chi connectivity index (χ4v) is 3.69. The first-order valence-electron chi connectivity index (χ1n) is 6.26. The number of rotatable bonds is 4. The Hall–Kier alpha value is -0.910. The molecule has 0 unspecified atom stereocenters. The first kappa shape index (κ1) is 12.1. The predicted octanol–water partition coefficient (Wildman–Crippen LogP) is 1.53. The highest BCUT2D eigenvalue weighted by atomic mass is 32.1. The van der Waals surface area contributed by atoms with Crippen molar-refractivity contribution >= 4 is 17.2 Å². The van der Waals surface area contributed by atoms with Gasteiger partial charge in [0.2, 0.25) is 0 Å². The quantitative estimate of drug-likeness (QED) is 0.900. The highest BCUT2D eigenvalue weighted by molar-refractivity contribution is 7.12. The molecule has 1 aromatic rings. The van der Waals surface area contributed by atoms with Gasteiger partial charge in [-0.1, -0.05) is 6.07 Å². The van der Waals surface area contributed by atoms with E-state index < -0.39 is 0 Å². The van der Waals surface area contributed by atoms with Crippen LogP contribution in [0.3, 0.4) is 0 Å². The van der Waals surface area contributed by atoms with Crippen molar-refractivity contribution in [1.29, 1.82) is 0 Å². The molecule has 1 aromatic heterocycles. The predicted molar refractivity (Wildman–Crippen MR) is 68.8 cm³/mol. The fourth-order valence-electron chi connectivity index (χ4n) is 3.06. The Kier molecular flexibility index (Phi) is 3.37. The zero-order valence-corrected chi connectivity index (χ0v) is 11.1. The van der Waals surface area contributed by atoms with Gasteiger partial charge in [-0.2, -0.15) is 0 Å². The number of fused-ring (bicyclic) bond motifs is 1. The van der Waals surface area contributed by atoms with Crippen molar-refractivity contribution < 1.29 is 14.3 Å². The number of carbonyl (C=O) groups is 1. The van der Waals surface area contributed by atoms with Gasteiger partial charge in [0.05, 0.1) is 17.6 Å². The van der Waals surface area contributed by atoms with Crippen LogP contribution in [0.25, 0.3) is 0 Å². The molecule has 1 amide bonds. The monoisotopic (exact) mass is 267 g/mol. The van der Waals surface area contributed by atoms with Gasteiger partial charge in [-0.3, -0.25) is 4.79 Å². The van der Waals surface area contributed by atoms with Gasteiger partial charge in [0, 0.05) is 31.6 Å². The normalized spacial score (nSPS) is 33.8. The number of carbonyl (C=O) groups excluding carboxylic acids is 1. The Bertz CT molecular complexity index is 420. The van der Waals surface area contributed by atoms with Crippen molar-refractivity contribution in [1.82, 2.24) is 5.32 Å². The molecule has 0 bridgehead atoms. The summed E-state index contributed by atoms with van der Waals surface area (Å²) >= 11 is 1.47. The Labute approximate surface area is 110 Å². The lowest BCUT2D eigenvalue weighted by molar-refractivity contribution is -0.0809. The maximum absolute atomic E-state index is 12.1. The topological polar surface area (TPSA) is 47.6 Å². The molecule has 0 spiro atoms. The number of hydrogen-bond acceptors (Lipinski definition) is 4. The number of methoxy groups -OCH3 is 1. The highest BCUT2D eigenvalue weighted by Crippen LogP contribution is 2.43. The summed E-state index contributed by atoms with van der Waals surface area (Å²) in [6, 6.07) is 3.95. The Morgan fingerprint density at radius 3 is 3.28 bits per heavy atom. The summed E-state index contributed by atoms with van der Waals surface area (Å²) in [5.74, 6) is 0.793. The minimum absolute atomic E-state index is 0.0291. The Morgan fingerprint density at radius 1 is 1.67 bits per heavy atom. The lowest BCUT2D eigenvalue weighted by atomic mass is 9.67. The van der Waals surface area contributed by atoms with Crippen LogP contribution >= 0.6 is 11.3 Å². The standard InChI is InChI=1S/C13H17NO3S/c1-16-7-9-11(8-4-5-17-12(8)9)14-13(15)10-3-2-6-18-10/h2-3,6,8-9,11-12H,4-5,7H2,1H3,(H,14,15)/t8-,9+,11+,12-/m1/s1. The third kappa shape index (κ3) is 1.96. The molecule has 98 valence electrons. The molecule has 2 fully saturated rings. The summed E-state index contributed by atoms with van der Waals surface area (Å²) in [5, 5.41) is 5.06. The molecule has 1 saturated carbocycles. The zero-order valence-electron chi connectivity index (χ0n) is 10.3. The Balaban J connectivity index is 1.66. The van der Waals surface area contributed by atoms with Crippen LogP contribution in [0, 0.1) is 11.8 Å². The van der Waals surface area contributed by atoms with Crippen LogP contribution in [0.4, 0.5) is 0 Å². The summed E-state index contributed by atoms with van der Waals surface area (Å²) in [6.45, 7) is 1.46. The molecule has 0 aromatic carbocycles. The lowest BCUT2D eigenvalue weighted by Crippen LogP contribution is -2.62. The second-order valence-corrected chi connectivity index (χ2v) is 5.83. The molecule has 1 aliphatic carbocycles. The summed E-state index contributed by atoms with van der Waals surface area (Å²) in [7, 11) is 1.69. The van der Waals surface area contributed by atoms with E-state index in [0.29, 0.717) is 18.4 Å². The molecular weight excluding hydrogens is 250 g/mol. The van der Waals surface area contributed by atoms with Crippen LogP contribution in [-0.2, 0) is 9.47 Å². The molecule has 1 aliphatic heterocycles. The van der Waals surface area contributed by atoms with Gasteiger partial charge in [0.15, 0.2) is 0 Å². The maximum Gasteiger partial charge on any atom is 0.261 e. The smallest absolute Gasteiger partial charge is 0.261 e. The summed E-state index contributed by atoms with van der Waals surface area (Å²) in [4.78, 5) is 12.8. The summed E-state index contributed by atoms with van der Waals surface area (Å²) in [6.07, 6.45) is 1.32. The molecule has 2 heterocycles. The van der Waals surface area contributed by atoms with Gasteiger partial charge >= 0.3 is 0 Å². The Morgan fingerprint density at radius 2 is 2.56 bits per heavy atom. The van der Waals surface area contributed by atoms with Gasteiger partial charge in [-0.15, -0.1) is 11.3 Å². The molecular formula is C13H17NO3S. The molecule has 1 N–H and O–H groups in total. The van der Waals surface area contributed by atoms with E-state index >= 15 is 0 Å². The van der Waals surface area contributed by atoms with E-state index in [1.54, 1.807) is 7.11 Å². The lowest BCUT2D eigenvalue weighted by Gasteiger charge is -2.47. The first-order valence-corrected chi connectivity index (χ1v) is 7.14. The van der Waals surface area contributed by atoms with Crippen LogP contribution in [0.5, 0.6) is 0 Å². The molecule has 18 heavy (non-hydrogen) atoms. The van der Waals surface area contributed by atoms with Crippen molar-refractivity contribution in [2.45, 2.75) is 18.6 Å². The first-order chi connectivity index (χ1) is 8.81. The maximum atomic E-state index is 12.1. The molecule has 5 heteroatoms. The fraction of sp³-hybridized carbons (Fsp3) is 0.615. The van der Waals surface area contributed by atoms with Crippen LogP contribution in [0.15, 0.2) is 17.5 Å². The SMILES string of the molecule is COC[C@H]1[C@@H](NC(=O)c2cccs2)[C@H]2CCO[C@H]21. The van der Waals surface area contributed by atoms with E-state index in [-0.39, 0.29) is 18.1 Å². The van der Waals surface area contributed by atoms with Crippen molar-refractivity contribution in [3.63, 3.8) is 0 Å². The van der Waals surface area contributed by atoms with E-state index in [0.717, 1.165) is 17.9 Å². The van der Waals surface area contributed by atoms with Gasteiger partial charge in [0.25, 0.3) is 5.91 Å². The van der Waals surface area contributed by atoms with E-state index in [4.69, 9.17) is 9.47 Å². The van der Waals surface area contributed by atoms with Crippen molar-refractivity contribution in [2.75, 3.05) is 20.3 Å². The molecule has 0 radical (unpaired) electrons. The van der Waals surface area contributed by atoms with E-state index in [2.05, 4.69) is 5.32 Å². The largest absolute Gasteiger partial charge is 0.384 e. The van der Waals surface area contributed by atoms with Crippen LogP contribution in [0.1, 0.15) is 16.1 Å². The summed E-state index contributed by atoms with van der Waals surface area (Å²) in [5.41, 5.74) is 0. The van der Waals surface area contributed by atoms with E-state index in [1.807, 2.05) is 17.5 Å². The number of thiophene rings is 1. The van der Waals surface area contributed by atoms with Gasteiger partial charge in [-0.05, 0) is 17.9 Å². The van der Waals surface area contributed by atoms with Crippen LogP contribution in [0.2, 0.25) is 0 Å². The summed E-state index contributed by atoms with van der Waals surface area (Å²) < 4.78 is 10.9. The number of amides is 1. The number of ether oxygens (including phenoxy) is 2. The van der Waals surface area contributed by atoms with Gasteiger partial charge in [0.1, 0.15) is 0 Å². The third-order valence-corrected chi connectivity index (χ3v) is 4.80. The van der Waals surface area contributed by atoms with Crippen LogP contribution < -0.4 is 5.32 Å². The third-order valence-electron chi connectivity index (χ3n) is 3.93. The zero-order chi connectivity index (χ0) is 12.5. The number of hydrogen-bond donors (Lipinski definition) is 1. The molecule has 3 rings (SSSR count). The average molecular weight is 267 g/mol. The molecule has 4 nitrogen and oxygen atoms in total. The van der Waals surface area contributed by atoms with Crippen molar-refractivity contribution in [3.8, 4) is 0 Å². The van der Waals surface area contributed by atoms with E-state index in [1.165, 1.54) is 11.3 Å². The number of nitrogens with one attached hydrogen (secondary N) is 1. The minimum Gasteiger partial charge on any atom is -0.384 e. The van der Waals surface area contributed by atoms with Gasteiger partial charge in [-0.25, -0.2) is 0 Å². The highest BCUT2D eigenvalue weighted by Gasteiger charge is 2.54. The second kappa shape index (κ2) is 4.99. The molecule has 1 saturated heterocycles. The van der Waals surface area contributed by atoms with Crippen LogP contribution in [-0.4, -0.2) is 38.4 Å². The molecule has 4 atom stereocenters. The van der Waals surface area contributed by atoms with Crippen molar-refractivity contribution in [3.05, 3.63) is 22.4 Å².